The van der Waals surface area contributed by atoms with E-state index in [1.54, 1.807) is 18.2 Å². The average Bonchev–Trinajstić information content (AvgIpc) is 2.68. The molecular weight excluding hydrogens is 551 g/mol. The molecule has 0 aliphatic rings. The highest BCUT2D eigenvalue weighted by molar-refractivity contribution is 14.0. The van der Waals surface area contributed by atoms with Gasteiger partial charge in [-0.25, -0.2) is 17.1 Å². The highest BCUT2D eigenvalue weighted by Crippen LogP contribution is 2.32. The Morgan fingerprint density at radius 1 is 1.03 bits per heavy atom. The minimum Gasteiger partial charge on any atom is -0.352 e. The van der Waals surface area contributed by atoms with Crippen molar-refractivity contribution in [2.75, 3.05) is 21.1 Å². The minimum atomic E-state index is -4.70. The second-order valence-electron chi connectivity index (χ2n) is 6.47. The van der Waals surface area contributed by atoms with Crippen LogP contribution in [0.5, 0.6) is 0 Å². The Balaban J connectivity index is 0.00000480. The molecule has 31 heavy (non-hydrogen) atoms. The fraction of sp³-hybridized carbons (Fsp3) is 0.316. The minimum absolute atomic E-state index is 0. The molecule has 0 amide bonds. The predicted molar refractivity (Wildman–Crippen MR) is 121 cm³/mol. The monoisotopic (exact) mass is 574 g/mol. The molecule has 2 N–H and O–H groups in total. The Morgan fingerprint density at radius 2 is 1.61 bits per heavy atom. The molecule has 0 spiro atoms. The van der Waals surface area contributed by atoms with E-state index < -0.39 is 27.6 Å². The molecule has 0 aromatic heterocycles. The van der Waals surface area contributed by atoms with Gasteiger partial charge in [0.1, 0.15) is 5.82 Å². The fourth-order valence-electron chi connectivity index (χ4n) is 2.64. The summed E-state index contributed by atoms with van der Waals surface area (Å²) in [6.07, 6.45) is -4.70. The lowest BCUT2D eigenvalue weighted by molar-refractivity contribution is -0.138. The van der Waals surface area contributed by atoms with Crippen LogP contribution in [0.2, 0.25) is 0 Å². The molecule has 0 aliphatic carbocycles. The van der Waals surface area contributed by atoms with E-state index in [-0.39, 0.29) is 53.5 Å². The quantitative estimate of drug-likeness (QED) is 0.240. The molecule has 0 atom stereocenters. The fourth-order valence-corrected chi connectivity index (χ4v) is 3.76. The highest BCUT2D eigenvalue weighted by atomic mass is 127. The predicted octanol–water partition coefficient (Wildman–Crippen LogP) is 3.58. The Labute approximate surface area is 195 Å². The van der Waals surface area contributed by atoms with E-state index >= 15 is 0 Å². The lowest BCUT2D eigenvalue weighted by Crippen LogP contribution is -2.37. The SMILES string of the molecule is CN=C(NCc1ccc(F)cc1C(F)(F)F)NCc1ccccc1S(=O)(=O)N(C)C.I. The van der Waals surface area contributed by atoms with Gasteiger partial charge in [-0.3, -0.25) is 4.99 Å². The smallest absolute Gasteiger partial charge is 0.352 e. The number of aliphatic imine (C=N–C) groups is 1. The molecule has 0 fully saturated rings. The van der Waals surface area contributed by atoms with Gasteiger partial charge in [-0.05, 0) is 29.3 Å². The Kier molecular flexibility index (Phi) is 9.69. The topological polar surface area (TPSA) is 73.8 Å². The lowest BCUT2D eigenvalue weighted by Gasteiger charge is -2.18. The Morgan fingerprint density at radius 3 is 2.16 bits per heavy atom. The molecular formula is C19H23F4IN4O2S. The zero-order valence-corrected chi connectivity index (χ0v) is 20.1. The first-order chi connectivity index (χ1) is 14.0. The third-order valence-corrected chi connectivity index (χ3v) is 6.14. The summed E-state index contributed by atoms with van der Waals surface area (Å²) in [7, 11) is 0.588. The van der Waals surface area contributed by atoms with E-state index in [0.29, 0.717) is 11.6 Å². The Bertz CT molecular complexity index is 1030. The first-order valence-corrected chi connectivity index (χ1v) is 10.2. The van der Waals surface area contributed by atoms with E-state index in [9.17, 15) is 26.0 Å². The van der Waals surface area contributed by atoms with Gasteiger partial charge in [-0.2, -0.15) is 13.2 Å². The van der Waals surface area contributed by atoms with Crippen molar-refractivity contribution in [3.63, 3.8) is 0 Å². The number of nitrogens with zero attached hydrogens (tertiary/aromatic N) is 2. The number of hydrogen-bond acceptors (Lipinski definition) is 3. The van der Waals surface area contributed by atoms with Gasteiger partial charge in [0, 0.05) is 34.2 Å². The van der Waals surface area contributed by atoms with Gasteiger partial charge in [0.2, 0.25) is 10.0 Å². The van der Waals surface area contributed by atoms with E-state index in [2.05, 4.69) is 15.6 Å². The Hall–Kier alpha value is -1.93. The van der Waals surface area contributed by atoms with Crippen molar-refractivity contribution < 1.29 is 26.0 Å². The number of hydrogen-bond donors (Lipinski definition) is 2. The van der Waals surface area contributed by atoms with Crippen molar-refractivity contribution in [1.29, 1.82) is 0 Å². The molecule has 0 radical (unpaired) electrons. The summed E-state index contributed by atoms with van der Waals surface area (Å²) in [4.78, 5) is 4.04. The molecule has 0 aliphatic heterocycles. The van der Waals surface area contributed by atoms with Crippen LogP contribution in [-0.2, 0) is 29.3 Å². The third-order valence-electron chi connectivity index (χ3n) is 4.22. The number of halogens is 5. The van der Waals surface area contributed by atoms with Gasteiger partial charge in [0.25, 0.3) is 0 Å². The summed E-state index contributed by atoms with van der Waals surface area (Å²) >= 11 is 0. The maximum Gasteiger partial charge on any atom is 0.416 e. The van der Waals surface area contributed by atoms with Crippen LogP contribution in [-0.4, -0.2) is 39.8 Å². The molecule has 172 valence electrons. The molecule has 0 bridgehead atoms. The van der Waals surface area contributed by atoms with E-state index in [4.69, 9.17) is 0 Å². The van der Waals surface area contributed by atoms with Crippen LogP contribution in [0.3, 0.4) is 0 Å². The second-order valence-corrected chi connectivity index (χ2v) is 8.59. The van der Waals surface area contributed by atoms with E-state index in [0.717, 1.165) is 16.4 Å². The number of alkyl halides is 3. The molecule has 2 aromatic carbocycles. The van der Waals surface area contributed by atoms with Crippen LogP contribution in [0.15, 0.2) is 52.4 Å². The normalized spacial score (nSPS) is 12.5. The number of nitrogens with one attached hydrogen (secondary N) is 2. The summed E-state index contributed by atoms with van der Waals surface area (Å²) in [5, 5.41) is 5.60. The van der Waals surface area contributed by atoms with E-state index in [1.807, 2.05) is 0 Å². The molecule has 0 unspecified atom stereocenters. The first kappa shape index (κ1) is 27.1. The molecule has 0 saturated carbocycles. The standard InChI is InChI=1S/C19H22F4N4O2S.HI/c1-24-18(25-11-13-8-9-15(20)10-16(13)19(21,22)23)26-12-14-6-4-5-7-17(14)30(28,29)27(2)3;/h4-10H,11-12H2,1-3H3,(H2,24,25,26);1H. The molecule has 0 heterocycles. The zero-order valence-electron chi connectivity index (χ0n) is 17.0. The van der Waals surface area contributed by atoms with Gasteiger partial charge >= 0.3 is 6.18 Å². The van der Waals surface area contributed by atoms with Crippen LogP contribution in [0.1, 0.15) is 16.7 Å². The average molecular weight is 574 g/mol. The number of benzene rings is 2. The second kappa shape index (κ2) is 11.1. The van der Waals surface area contributed by atoms with Gasteiger partial charge in [0.15, 0.2) is 5.96 Å². The molecule has 12 heteroatoms. The van der Waals surface area contributed by atoms with E-state index in [1.165, 1.54) is 27.2 Å². The van der Waals surface area contributed by atoms with Crippen molar-refractivity contribution in [2.24, 2.45) is 4.99 Å². The molecule has 6 nitrogen and oxygen atoms in total. The molecule has 2 aromatic rings. The number of rotatable bonds is 6. The summed E-state index contributed by atoms with van der Waals surface area (Å²) in [6.45, 7) is -0.190. The van der Waals surface area contributed by atoms with Crippen molar-refractivity contribution in [3.05, 3.63) is 65.0 Å². The highest BCUT2D eigenvalue weighted by Gasteiger charge is 2.33. The van der Waals surface area contributed by atoms with Crippen LogP contribution in [0.4, 0.5) is 17.6 Å². The number of guanidine groups is 1. The first-order valence-electron chi connectivity index (χ1n) is 8.77. The van der Waals surface area contributed by atoms with Gasteiger partial charge in [-0.15, -0.1) is 24.0 Å². The number of sulfonamides is 1. The third kappa shape index (κ3) is 7.04. The van der Waals surface area contributed by atoms with Crippen molar-refractivity contribution in [1.82, 2.24) is 14.9 Å². The van der Waals surface area contributed by atoms with Gasteiger partial charge in [0.05, 0.1) is 10.5 Å². The summed E-state index contributed by atoms with van der Waals surface area (Å²) in [5.41, 5.74) is -0.762. The van der Waals surface area contributed by atoms with Crippen molar-refractivity contribution in [2.45, 2.75) is 24.2 Å². The van der Waals surface area contributed by atoms with Crippen molar-refractivity contribution >= 4 is 40.0 Å². The zero-order chi connectivity index (χ0) is 22.5. The maximum absolute atomic E-state index is 13.2. The van der Waals surface area contributed by atoms with Crippen LogP contribution in [0.25, 0.3) is 0 Å². The van der Waals surface area contributed by atoms with Crippen molar-refractivity contribution in [3.8, 4) is 0 Å². The van der Waals surface area contributed by atoms with Crippen LogP contribution >= 0.6 is 24.0 Å². The molecule has 2 rings (SSSR count). The lowest BCUT2D eigenvalue weighted by atomic mass is 10.1. The van der Waals surface area contributed by atoms with Gasteiger partial charge in [-0.1, -0.05) is 24.3 Å². The summed E-state index contributed by atoms with van der Waals surface area (Å²) in [6, 6.07) is 8.81. The van der Waals surface area contributed by atoms with Crippen LogP contribution < -0.4 is 10.6 Å². The van der Waals surface area contributed by atoms with Gasteiger partial charge < -0.3 is 10.6 Å². The maximum atomic E-state index is 13.2. The van der Waals surface area contributed by atoms with Crippen LogP contribution in [0, 0.1) is 5.82 Å². The summed E-state index contributed by atoms with van der Waals surface area (Å²) in [5.74, 6) is -0.822. The largest absolute Gasteiger partial charge is 0.416 e. The molecule has 0 saturated heterocycles. The summed E-state index contributed by atoms with van der Waals surface area (Å²) < 4.78 is 78.6.